The van der Waals surface area contributed by atoms with Crippen LogP contribution in [0.3, 0.4) is 0 Å². The fourth-order valence-corrected chi connectivity index (χ4v) is 2.84. The number of rotatable bonds is 1. The molecule has 0 spiro atoms. The summed E-state index contributed by atoms with van der Waals surface area (Å²) in [4.78, 5) is 0. The molecule has 0 radical (unpaired) electrons. The lowest BCUT2D eigenvalue weighted by Gasteiger charge is -2.32. The van der Waals surface area contributed by atoms with E-state index in [1.54, 1.807) is 27.7 Å². The molecule has 3 rings (SSSR count). The Labute approximate surface area is 148 Å². The molecular formula is C16H19BO9. The van der Waals surface area contributed by atoms with E-state index in [-0.39, 0.29) is 0 Å². The zero-order valence-corrected chi connectivity index (χ0v) is 14.5. The number of phenols is 7. The molecule has 7 N–H and O–H groups in total. The van der Waals surface area contributed by atoms with Gasteiger partial charge in [-0.15, -0.1) is 0 Å². The molecule has 0 atom stereocenters. The van der Waals surface area contributed by atoms with Crippen LogP contribution in [0.25, 0.3) is 10.8 Å². The summed E-state index contributed by atoms with van der Waals surface area (Å²) in [5.41, 5.74) is -2.06. The molecule has 0 aromatic heterocycles. The first kappa shape index (κ1) is 18.1. The van der Waals surface area contributed by atoms with Gasteiger partial charge in [0, 0.05) is 0 Å². The van der Waals surface area contributed by atoms with Crippen molar-refractivity contribution in [3.05, 3.63) is 0 Å². The van der Waals surface area contributed by atoms with Crippen LogP contribution in [0.5, 0.6) is 40.2 Å². The van der Waals surface area contributed by atoms with E-state index in [0.717, 1.165) is 0 Å². The molecule has 2 aromatic rings. The van der Waals surface area contributed by atoms with E-state index in [2.05, 4.69) is 0 Å². The number of fused-ring (bicyclic) bond motifs is 1. The molecule has 1 saturated heterocycles. The molecule has 26 heavy (non-hydrogen) atoms. The predicted molar refractivity (Wildman–Crippen MR) is 91.3 cm³/mol. The molecule has 140 valence electrons. The molecule has 1 fully saturated rings. The van der Waals surface area contributed by atoms with Gasteiger partial charge >= 0.3 is 7.12 Å². The molecule has 1 aliphatic heterocycles. The van der Waals surface area contributed by atoms with Gasteiger partial charge in [0.15, 0.2) is 23.0 Å². The van der Waals surface area contributed by atoms with Crippen molar-refractivity contribution in [1.82, 2.24) is 0 Å². The van der Waals surface area contributed by atoms with Crippen LogP contribution in [-0.4, -0.2) is 54.1 Å². The molecule has 1 aliphatic rings. The maximum absolute atomic E-state index is 10.6. The summed E-state index contributed by atoms with van der Waals surface area (Å²) in [6.07, 6.45) is 0. The molecule has 0 saturated carbocycles. The van der Waals surface area contributed by atoms with Crippen LogP contribution in [-0.2, 0) is 9.31 Å². The zero-order chi connectivity index (χ0) is 19.8. The maximum atomic E-state index is 10.6. The van der Waals surface area contributed by atoms with Crippen LogP contribution >= 0.6 is 0 Å². The minimum Gasteiger partial charge on any atom is -0.507 e. The average Bonchev–Trinajstić information content (AvgIpc) is 2.74. The maximum Gasteiger partial charge on any atom is 0.502 e. The second-order valence-corrected chi connectivity index (χ2v) is 7.19. The van der Waals surface area contributed by atoms with Gasteiger partial charge in [0.1, 0.15) is 5.75 Å². The fourth-order valence-electron chi connectivity index (χ4n) is 2.84. The number of aromatic hydroxyl groups is 7. The first-order valence-corrected chi connectivity index (χ1v) is 7.73. The summed E-state index contributed by atoms with van der Waals surface area (Å²) in [7, 11) is -1.31. The lowest BCUT2D eigenvalue weighted by atomic mass is 9.75. The number of phenolic OH excluding ortho intramolecular Hbond substituents is 7. The highest BCUT2D eigenvalue weighted by molar-refractivity contribution is 6.65. The third-order valence-corrected chi connectivity index (χ3v) is 5.09. The Morgan fingerprint density at radius 1 is 0.538 bits per heavy atom. The summed E-state index contributed by atoms with van der Waals surface area (Å²) in [6, 6.07) is 0. The van der Waals surface area contributed by atoms with E-state index in [1.807, 2.05) is 0 Å². The molecule has 9 nitrogen and oxygen atoms in total. The fraction of sp³-hybridized carbons (Fsp3) is 0.375. The first-order valence-electron chi connectivity index (χ1n) is 7.73. The monoisotopic (exact) mass is 366 g/mol. The van der Waals surface area contributed by atoms with E-state index in [0.29, 0.717) is 0 Å². The Kier molecular flexibility index (Phi) is 3.58. The summed E-state index contributed by atoms with van der Waals surface area (Å²) < 4.78 is 11.5. The molecule has 10 heteroatoms. The van der Waals surface area contributed by atoms with Gasteiger partial charge in [-0.1, -0.05) is 0 Å². The SMILES string of the molecule is CC1(C)OB(c2c(O)c(O)c3c(O)c(O)c(O)c(O)c3c2O)OC1(C)C. The zero-order valence-electron chi connectivity index (χ0n) is 14.5. The van der Waals surface area contributed by atoms with Crippen LogP contribution in [0.2, 0.25) is 0 Å². The van der Waals surface area contributed by atoms with Gasteiger partial charge in [-0.3, -0.25) is 0 Å². The number of hydrogen-bond acceptors (Lipinski definition) is 9. The normalized spacial score (nSPS) is 18.5. The minimum absolute atomic E-state index is 0.395. The second-order valence-electron chi connectivity index (χ2n) is 7.19. The molecule has 0 unspecified atom stereocenters. The highest BCUT2D eigenvalue weighted by Gasteiger charge is 2.54. The third kappa shape index (κ3) is 2.12. The summed E-state index contributed by atoms with van der Waals surface area (Å²) >= 11 is 0. The van der Waals surface area contributed by atoms with Gasteiger partial charge in [0.2, 0.25) is 11.5 Å². The van der Waals surface area contributed by atoms with E-state index in [4.69, 9.17) is 9.31 Å². The van der Waals surface area contributed by atoms with Crippen molar-refractivity contribution in [2.75, 3.05) is 0 Å². The molecule has 0 amide bonds. The van der Waals surface area contributed by atoms with Crippen molar-refractivity contribution in [2.45, 2.75) is 38.9 Å². The van der Waals surface area contributed by atoms with Crippen LogP contribution in [0, 0.1) is 0 Å². The highest BCUT2D eigenvalue weighted by atomic mass is 16.7. The summed E-state index contributed by atoms with van der Waals surface area (Å²) in [5, 5.41) is 69.3. The van der Waals surface area contributed by atoms with Crippen LogP contribution in [0.4, 0.5) is 0 Å². The Bertz CT molecular complexity index is 920. The number of benzene rings is 2. The van der Waals surface area contributed by atoms with Crippen LogP contribution in [0.1, 0.15) is 27.7 Å². The van der Waals surface area contributed by atoms with Crippen LogP contribution in [0.15, 0.2) is 0 Å². The van der Waals surface area contributed by atoms with Crippen molar-refractivity contribution in [2.24, 2.45) is 0 Å². The largest absolute Gasteiger partial charge is 0.507 e. The van der Waals surface area contributed by atoms with Gasteiger partial charge in [0.25, 0.3) is 0 Å². The van der Waals surface area contributed by atoms with Crippen molar-refractivity contribution < 1.29 is 45.1 Å². The van der Waals surface area contributed by atoms with Crippen molar-refractivity contribution in [1.29, 1.82) is 0 Å². The lowest BCUT2D eigenvalue weighted by molar-refractivity contribution is 0.00578. The Morgan fingerprint density at radius 2 is 0.885 bits per heavy atom. The summed E-state index contributed by atoms with van der Waals surface area (Å²) in [6.45, 7) is 6.93. The molecule has 0 bridgehead atoms. The van der Waals surface area contributed by atoms with Gasteiger partial charge in [-0.25, -0.2) is 0 Å². The lowest BCUT2D eigenvalue weighted by Crippen LogP contribution is -2.41. The Hall–Kier alpha value is -2.72. The van der Waals surface area contributed by atoms with E-state index in [9.17, 15) is 35.7 Å². The van der Waals surface area contributed by atoms with E-state index < -0.39 is 74.8 Å². The second kappa shape index (κ2) is 5.15. The highest BCUT2D eigenvalue weighted by Crippen LogP contribution is 2.55. The Balaban J connectivity index is 2.37. The first-order chi connectivity index (χ1) is 11.8. The van der Waals surface area contributed by atoms with Gasteiger partial charge in [-0.2, -0.15) is 0 Å². The van der Waals surface area contributed by atoms with Gasteiger partial charge < -0.3 is 45.1 Å². The predicted octanol–water partition coefficient (Wildman–Crippen LogP) is 1.08. The van der Waals surface area contributed by atoms with Gasteiger partial charge in [-0.05, 0) is 27.7 Å². The third-order valence-electron chi connectivity index (χ3n) is 5.09. The average molecular weight is 366 g/mol. The molecule has 1 heterocycles. The van der Waals surface area contributed by atoms with Crippen molar-refractivity contribution >= 4 is 23.4 Å². The molecule has 2 aromatic carbocycles. The minimum atomic E-state index is -1.31. The van der Waals surface area contributed by atoms with E-state index in [1.165, 1.54) is 0 Å². The molecule has 0 aliphatic carbocycles. The standard InChI is InChI=1S/C16H19BO9/c1-15(2)16(3,4)26-17(25-15)7-8(18)5-6(9(19)12(7)22)11(21)14(24)13(23)10(5)20/h18-24H,1-4H3. The van der Waals surface area contributed by atoms with Gasteiger partial charge in [0.05, 0.1) is 27.4 Å². The molecular weight excluding hydrogens is 347 g/mol. The van der Waals surface area contributed by atoms with Crippen LogP contribution < -0.4 is 5.46 Å². The Morgan fingerprint density at radius 3 is 1.31 bits per heavy atom. The number of hydrogen-bond donors (Lipinski definition) is 7. The summed E-state index contributed by atoms with van der Waals surface area (Å²) in [5.74, 6) is -6.85. The van der Waals surface area contributed by atoms with Crippen molar-refractivity contribution in [3.63, 3.8) is 0 Å². The smallest absolute Gasteiger partial charge is 0.502 e. The van der Waals surface area contributed by atoms with E-state index >= 15 is 0 Å². The quantitative estimate of drug-likeness (QED) is 0.223. The topological polar surface area (TPSA) is 160 Å². The van der Waals surface area contributed by atoms with Crippen molar-refractivity contribution in [3.8, 4) is 40.2 Å².